The topological polar surface area (TPSA) is 42.2 Å². The maximum Gasteiger partial charge on any atom is 0.0900 e. The second-order valence-corrected chi connectivity index (χ2v) is 6.85. The summed E-state index contributed by atoms with van der Waals surface area (Å²) < 4.78 is 0. The number of aryl methyl sites for hydroxylation is 2. The summed E-state index contributed by atoms with van der Waals surface area (Å²) in [6, 6.07) is 8.69. The van der Waals surface area contributed by atoms with Crippen molar-refractivity contribution in [3.05, 3.63) is 45.4 Å². The molecule has 1 atom stereocenters. The Kier molecular flexibility index (Phi) is 7.13. The van der Waals surface area contributed by atoms with E-state index in [-0.39, 0.29) is 24.8 Å². The zero-order valence-electron chi connectivity index (χ0n) is 12.9. The Hall–Kier alpha value is -0.810. The van der Waals surface area contributed by atoms with Gasteiger partial charge in [0.2, 0.25) is 0 Å². The molecule has 1 aromatic heterocycles. The van der Waals surface area contributed by atoms with E-state index in [1.54, 1.807) is 0 Å². The molecule has 0 saturated carbocycles. The van der Waals surface area contributed by atoms with E-state index < -0.39 is 0 Å². The molecule has 122 valence electrons. The molecule has 3 rings (SSSR count). The highest BCUT2D eigenvalue weighted by atomic mass is 35.5. The molecular formula is C16H23Cl2N3S. The first kappa shape index (κ1) is 19.2. The van der Waals surface area contributed by atoms with Crippen molar-refractivity contribution >= 4 is 41.8 Å². The first-order valence-electron chi connectivity index (χ1n) is 7.14. The van der Waals surface area contributed by atoms with Gasteiger partial charge < -0.3 is 5.73 Å². The van der Waals surface area contributed by atoms with Crippen LogP contribution >= 0.6 is 36.2 Å². The molecule has 2 N–H and O–H groups in total. The Bertz CT molecular complexity index is 615. The van der Waals surface area contributed by atoms with Gasteiger partial charge in [-0.3, -0.25) is 4.90 Å². The van der Waals surface area contributed by atoms with Gasteiger partial charge in [0.15, 0.2) is 0 Å². The number of fused-ring (bicyclic) bond motifs is 1. The highest BCUT2D eigenvalue weighted by Gasteiger charge is 2.26. The Labute approximate surface area is 148 Å². The Morgan fingerprint density at radius 3 is 2.86 bits per heavy atom. The minimum absolute atomic E-state index is 0. The van der Waals surface area contributed by atoms with Crippen molar-refractivity contribution in [1.82, 2.24) is 9.88 Å². The van der Waals surface area contributed by atoms with Crippen LogP contribution in [0.25, 0.3) is 0 Å². The fourth-order valence-electron chi connectivity index (χ4n) is 3.03. The van der Waals surface area contributed by atoms with Crippen LogP contribution in [0.4, 0.5) is 5.69 Å². The zero-order chi connectivity index (χ0) is 14.1. The van der Waals surface area contributed by atoms with Gasteiger partial charge >= 0.3 is 0 Å². The van der Waals surface area contributed by atoms with E-state index in [2.05, 4.69) is 36.0 Å². The van der Waals surface area contributed by atoms with Gasteiger partial charge in [0, 0.05) is 23.2 Å². The molecule has 0 saturated heterocycles. The molecule has 0 bridgehead atoms. The summed E-state index contributed by atoms with van der Waals surface area (Å²) in [5.41, 5.74) is 9.31. The van der Waals surface area contributed by atoms with Crippen molar-refractivity contribution in [3.63, 3.8) is 0 Å². The van der Waals surface area contributed by atoms with Gasteiger partial charge in [0.05, 0.1) is 10.7 Å². The molecule has 2 aromatic rings. The van der Waals surface area contributed by atoms with Crippen molar-refractivity contribution in [2.75, 3.05) is 12.8 Å². The predicted octanol–water partition coefficient (Wildman–Crippen LogP) is 4.39. The van der Waals surface area contributed by atoms with Gasteiger partial charge in [-0.2, -0.15) is 0 Å². The fourth-order valence-corrected chi connectivity index (χ4v) is 4.20. The number of anilines is 1. The number of hydrogen-bond acceptors (Lipinski definition) is 4. The summed E-state index contributed by atoms with van der Waals surface area (Å²) in [5.74, 6) is 0. The smallest absolute Gasteiger partial charge is 0.0900 e. The summed E-state index contributed by atoms with van der Waals surface area (Å²) in [7, 11) is 2.21. The molecule has 1 aliphatic carbocycles. The van der Waals surface area contributed by atoms with Crippen LogP contribution in [0, 0.1) is 6.92 Å². The average molecular weight is 360 g/mol. The predicted molar refractivity (Wildman–Crippen MR) is 99.3 cm³/mol. The van der Waals surface area contributed by atoms with Crippen LogP contribution in [0.5, 0.6) is 0 Å². The van der Waals surface area contributed by atoms with Gasteiger partial charge in [-0.25, -0.2) is 4.98 Å². The van der Waals surface area contributed by atoms with Crippen molar-refractivity contribution in [2.24, 2.45) is 0 Å². The Balaban J connectivity index is 0.00000121. The highest BCUT2D eigenvalue weighted by Crippen LogP contribution is 2.37. The molecule has 1 unspecified atom stereocenters. The summed E-state index contributed by atoms with van der Waals surface area (Å²) in [6.07, 6.45) is 3.61. The van der Waals surface area contributed by atoms with Gasteiger partial charge in [-0.15, -0.1) is 36.2 Å². The molecular weight excluding hydrogens is 337 g/mol. The number of hydrogen-bond donors (Lipinski definition) is 1. The van der Waals surface area contributed by atoms with Crippen LogP contribution in [-0.4, -0.2) is 16.9 Å². The van der Waals surface area contributed by atoms with E-state index in [1.807, 2.05) is 23.5 Å². The van der Waals surface area contributed by atoms with Crippen molar-refractivity contribution in [3.8, 4) is 0 Å². The van der Waals surface area contributed by atoms with Gasteiger partial charge in [0.25, 0.3) is 0 Å². The largest absolute Gasteiger partial charge is 0.399 e. The molecule has 3 nitrogen and oxygen atoms in total. The Morgan fingerprint density at radius 1 is 1.36 bits per heavy atom. The van der Waals surface area contributed by atoms with Gasteiger partial charge in [-0.05, 0) is 50.9 Å². The van der Waals surface area contributed by atoms with E-state index >= 15 is 0 Å². The van der Waals surface area contributed by atoms with E-state index in [0.717, 1.165) is 18.7 Å². The number of rotatable bonds is 3. The van der Waals surface area contributed by atoms with Crippen LogP contribution in [0.1, 0.15) is 40.0 Å². The second kappa shape index (κ2) is 8.16. The van der Waals surface area contributed by atoms with E-state index in [0.29, 0.717) is 6.04 Å². The lowest BCUT2D eigenvalue weighted by Gasteiger charge is -2.30. The quantitative estimate of drug-likeness (QED) is 0.826. The fraction of sp³-hybridized carbons (Fsp3) is 0.438. The van der Waals surface area contributed by atoms with Gasteiger partial charge in [0.1, 0.15) is 0 Å². The molecule has 22 heavy (non-hydrogen) atoms. The third-order valence-corrected chi connectivity index (χ3v) is 5.06. The van der Waals surface area contributed by atoms with Gasteiger partial charge in [-0.1, -0.05) is 12.1 Å². The Morgan fingerprint density at radius 2 is 2.14 bits per heavy atom. The normalized spacial score (nSPS) is 16.6. The first-order valence-corrected chi connectivity index (χ1v) is 7.96. The number of nitrogen functional groups attached to an aromatic ring is 1. The van der Waals surface area contributed by atoms with E-state index in [4.69, 9.17) is 5.73 Å². The van der Waals surface area contributed by atoms with Crippen LogP contribution in [0.2, 0.25) is 0 Å². The third-order valence-electron chi connectivity index (χ3n) is 3.94. The van der Waals surface area contributed by atoms with E-state index in [9.17, 15) is 0 Å². The minimum Gasteiger partial charge on any atom is -0.399 e. The van der Waals surface area contributed by atoms with Crippen LogP contribution in [0.3, 0.4) is 0 Å². The number of benzene rings is 1. The zero-order valence-corrected chi connectivity index (χ0v) is 15.4. The monoisotopic (exact) mass is 359 g/mol. The molecule has 6 heteroatoms. The van der Waals surface area contributed by atoms with Crippen molar-refractivity contribution in [2.45, 2.75) is 38.8 Å². The molecule has 0 fully saturated rings. The van der Waals surface area contributed by atoms with Crippen molar-refractivity contribution in [1.29, 1.82) is 0 Å². The molecule has 1 heterocycles. The highest BCUT2D eigenvalue weighted by molar-refractivity contribution is 7.11. The van der Waals surface area contributed by atoms with Crippen LogP contribution < -0.4 is 5.73 Å². The standard InChI is InChI=1S/C16H21N3S.2ClH/c1-11-18-14-7-4-8-15(16(14)20-11)19(2)10-12-5-3-6-13(17)9-12;;/h3,5-6,9,15H,4,7-8,10,17H2,1-2H3;2*1H. The lowest BCUT2D eigenvalue weighted by Crippen LogP contribution is -2.26. The maximum atomic E-state index is 5.87. The third kappa shape index (κ3) is 4.13. The number of aromatic nitrogens is 1. The SMILES string of the molecule is Cc1nc2c(s1)C(N(C)Cc1cccc(N)c1)CCC2.Cl.Cl. The van der Waals surface area contributed by atoms with Crippen molar-refractivity contribution < 1.29 is 0 Å². The minimum atomic E-state index is 0. The lowest BCUT2D eigenvalue weighted by molar-refractivity contribution is 0.216. The number of nitrogens with two attached hydrogens (primary N) is 1. The molecule has 0 radical (unpaired) electrons. The van der Waals surface area contributed by atoms with Crippen LogP contribution in [-0.2, 0) is 13.0 Å². The maximum absolute atomic E-state index is 5.87. The number of thiazole rings is 1. The molecule has 1 aromatic carbocycles. The first-order chi connectivity index (χ1) is 9.63. The summed E-state index contributed by atoms with van der Waals surface area (Å²) in [6.45, 7) is 3.05. The molecule has 0 spiro atoms. The summed E-state index contributed by atoms with van der Waals surface area (Å²) in [4.78, 5) is 8.58. The average Bonchev–Trinajstić information content (AvgIpc) is 2.78. The lowest BCUT2D eigenvalue weighted by atomic mass is 9.96. The second-order valence-electron chi connectivity index (χ2n) is 5.61. The molecule has 1 aliphatic rings. The summed E-state index contributed by atoms with van der Waals surface area (Å²) >= 11 is 1.86. The van der Waals surface area contributed by atoms with Crippen LogP contribution in [0.15, 0.2) is 24.3 Å². The molecule has 0 aliphatic heterocycles. The molecule has 0 amide bonds. The van der Waals surface area contributed by atoms with E-state index in [1.165, 1.54) is 34.0 Å². The number of nitrogens with zero attached hydrogens (tertiary/aromatic N) is 2. The number of halogens is 2. The summed E-state index contributed by atoms with van der Waals surface area (Å²) in [5, 5.41) is 1.19.